The van der Waals surface area contributed by atoms with E-state index in [0.717, 1.165) is 6.92 Å². The van der Waals surface area contributed by atoms with E-state index >= 15 is 0 Å². The van der Waals surface area contributed by atoms with Crippen molar-refractivity contribution in [1.82, 2.24) is 0 Å². The minimum Gasteiger partial charge on any atom is -0.462 e. The number of hydrogen-bond acceptors (Lipinski definition) is 4. The van der Waals surface area contributed by atoms with Crippen LogP contribution in [-0.4, -0.2) is 12.6 Å². The van der Waals surface area contributed by atoms with E-state index in [2.05, 4.69) is 0 Å². The summed E-state index contributed by atoms with van der Waals surface area (Å²) in [4.78, 5) is 23.8. The van der Waals surface area contributed by atoms with Gasteiger partial charge in [0.25, 0.3) is 0 Å². The maximum atomic E-state index is 12.9. The molecule has 0 radical (unpaired) electrons. The van der Waals surface area contributed by atoms with Crippen molar-refractivity contribution in [1.29, 1.82) is 0 Å². The van der Waals surface area contributed by atoms with Crippen LogP contribution >= 0.6 is 0 Å². The monoisotopic (exact) mass is 300 g/mol. The summed E-state index contributed by atoms with van der Waals surface area (Å²) >= 11 is 0. The van der Waals surface area contributed by atoms with Crippen molar-refractivity contribution in [2.45, 2.75) is 20.0 Å². The van der Waals surface area contributed by atoms with E-state index in [1.807, 2.05) is 0 Å². The summed E-state index contributed by atoms with van der Waals surface area (Å²) < 4.78 is 48.2. The first-order chi connectivity index (χ1) is 9.77. The zero-order chi connectivity index (χ0) is 15.8. The van der Waals surface area contributed by atoms with Gasteiger partial charge >= 0.3 is 12.1 Å². The number of fused-ring (bicyclic) bond motifs is 1. The molecule has 0 amide bonds. The standard InChI is InChI=1S/C14H11F3O4/c1-3-20-13(19)9-6-4-5-8-10(18)7(2)12(14(15,16)17)21-11(8)9/h4-6H,3H2,1-2H3. The SMILES string of the molecule is CCOC(=O)c1cccc2c(=O)c(C)c(C(F)(F)F)oc12. The van der Waals surface area contributed by atoms with E-state index in [1.54, 1.807) is 6.92 Å². The summed E-state index contributed by atoms with van der Waals surface area (Å²) in [6.45, 7) is 2.65. The lowest BCUT2D eigenvalue weighted by Gasteiger charge is -2.11. The second-order valence-electron chi connectivity index (χ2n) is 4.29. The van der Waals surface area contributed by atoms with Gasteiger partial charge in [-0.05, 0) is 26.0 Å². The van der Waals surface area contributed by atoms with Crippen molar-refractivity contribution in [3.8, 4) is 0 Å². The number of alkyl halides is 3. The lowest BCUT2D eigenvalue weighted by molar-refractivity contribution is -0.153. The second-order valence-corrected chi connectivity index (χ2v) is 4.29. The van der Waals surface area contributed by atoms with Gasteiger partial charge in [0.05, 0.1) is 12.0 Å². The van der Waals surface area contributed by atoms with Crippen LogP contribution in [0, 0.1) is 6.92 Å². The highest BCUT2D eigenvalue weighted by Gasteiger charge is 2.38. The third-order valence-electron chi connectivity index (χ3n) is 2.90. The normalized spacial score (nSPS) is 11.7. The molecule has 0 aliphatic heterocycles. The molecule has 1 aromatic carbocycles. The van der Waals surface area contributed by atoms with Gasteiger partial charge in [-0.1, -0.05) is 6.07 Å². The van der Waals surface area contributed by atoms with Gasteiger partial charge in [0.15, 0.2) is 11.0 Å². The summed E-state index contributed by atoms with van der Waals surface area (Å²) in [5, 5.41) is -0.0916. The van der Waals surface area contributed by atoms with E-state index in [9.17, 15) is 22.8 Å². The first kappa shape index (κ1) is 15.1. The van der Waals surface area contributed by atoms with Gasteiger partial charge in [-0.2, -0.15) is 13.2 Å². The fraction of sp³-hybridized carbons (Fsp3) is 0.286. The van der Waals surface area contributed by atoms with Crippen LogP contribution in [0.3, 0.4) is 0 Å². The molecule has 1 aromatic heterocycles. The lowest BCUT2D eigenvalue weighted by Crippen LogP contribution is -2.17. The highest BCUT2D eigenvalue weighted by atomic mass is 19.4. The Hall–Kier alpha value is -2.31. The highest BCUT2D eigenvalue weighted by molar-refractivity contribution is 6.01. The molecule has 0 atom stereocenters. The van der Waals surface area contributed by atoms with E-state index in [1.165, 1.54) is 18.2 Å². The van der Waals surface area contributed by atoms with Gasteiger partial charge in [0.2, 0.25) is 5.76 Å². The smallest absolute Gasteiger partial charge is 0.449 e. The predicted molar refractivity (Wildman–Crippen MR) is 68.2 cm³/mol. The van der Waals surface area contributed by atoms with Crippen molar-refractivity contribution in [2.75, 3.05) is 6.61 Å². The molecule has 0 unspecified atom stereocenters. The van der Waals surface area contributed by atoms with Gasteiger partial charge in [0.1, 0.15) is 5.56 Å². The predicted octanol–water partition coefficient (Wildman–Crippen LogP) is 3.30. The molecule has 0 fully saturated rings. The van der Waals surface area contributed by atoms with E-state index in [4.69, 9.17) is 9.15 Å². The summed E-state index contributed by atoms with van der Waals surface area (Å²) in [5.74, 6) is -2.25. The average molecular weight is 300 g/mol. The van der Waals surface area contributed by atoms with Crippen molar-refractivity contribution in [3.05, 3.63) is 45.3 Å². The van der Waals surface area contributed by atoms with Crippen molar-refractivity contribution < 1.29 is 27.1 Å². The molecule has 0 spiro atoms. The second kappa shape index (κ2) is 5.23. The molecule has 0 aliphatic carbocycles. The third kappa shape index (κ3) is 2.63. The van der Waals surface area contributed by atoms with Crippen LogP contribution in [-0.2, 0) is 10.9 Å². The zero-order valence-corrected chi connectivity index (χ0v) is 11.2. The zero-order valence-electron chi connectivity index (χ0n) is 11.2. The maximum Gasteiger partial charge on any atom is 0.449 e. The van der Waals surface area contributed by atoms with Crippen LogP contribution < -0.4 is 5.43 Å². The molecule has 0 bridgehead atoms. The first-order valence-corrected chi connectivity index (χ1v) is 6.08. The first-order valence-electron chi connectivity index (χ1n) is 6.08. The highest BCUT2D eigenvalue weighted by Crippen LogP contribution is 2.33. The van der Waals surface area contributed by atoms with E-state index in [0.29, 0.717) is 0 Å². The number of para-hydroxylation sites is 1. The Morgan fingerprint density at radius 3 is 2.57 bits per heavy atom. The topological polar surface area (TPSA) is 56.5 Å². The minimum atomic E-state index is -4.82. The molecule has 7 heteroatoms. The van der Waals surface area contributed by atoms with Gasteiger partial charge in [-0.3, -0.25) is 4.79 Å². The molecule has 2 aromatic rings. The Balaban J connectivity index is 2.84. The number of carbonyl (C=O) groups excluding carboxylic acids is 1. The molecule has 1 heterocycles. The molecule has 0 N–H and O–H groups in total. The van der Waals surface area contributed by atoms with Gasteiger partial charge < -0.3 is 9.15 Å². The summed E-state index contributed by atoms with van der Waals surface area (Å²) in [7, 11) is 0. The van der Waals surface area contributed by atoms with Crippen LogP contribution in [0.2, 0.25) is 0 Å². The van der Waals surface area contributed by atoms with Gasteiger partial charge in [0, 0.05) is 5.56 Å². The van der Waals surface area contributed by atoms with Crippen LogP contribution in [0.5, 0.6) is 0 Å². The molecular formula is C14H11F3O4. The number of halogens is 3. The molecule has 21 heavy (non-hydrogen) atoms. The number of ether oxygens (including phenoxy) is 1. The fourth-order valence-electron chi connectivity index (χ4n) is 1.95. The molecule has 112 valence electrons. The van der Waals surface area contributed by atoms with Crippen molar-refractivity contribution in [3.63, 3.8) is 0 Å². The van der Waals surface area contributed by atoms with Gasteiger partial charge in [-0.15, -0.1) is 0 Å². The molecule has 2 rings (SSSR count). The Labute approximate surface area is 117 Å². The van der Waals surface area contributed by atoms with Crippen LogP contribution in [0.25, 0.3) is 11.0 Å². The lowest BCUT2D eigenvalue weighted by atomic mass is 10.1. The molecule has 0 saturated carbocycles. The fourth-order valence-corrected chi connectivity index (χ4v) is 1.95. The molecule has 0 aliphatic rings. The number of rotatable bonds is 2. The minimum absolute atomic E-state index is 0.0530. The maximum absolute atomic E-state index is 12.9. The van der Waals surface area contributed by atoms with Crippen molar-refractivity contribution >= 4 is 16.9 Å². The number of esters is 1. The summed E-state index contributed by atoms with van der Waals surface area (Å²) in [6, 6.07) is 3.94. The summed E-state index contributed by atoms with van der Waals surface area (Å²) in [5.41, 5.74) is -2.00. The Morgan fingerprint density at radius 1 is 1.33 bits per heavy atom. The van der Waals surface area contributed by atoms with Crippen LogP contribution in [0.1, 0.15) is 28.6 Å². The van der Waals surface area contributed by atoms with Crippen LogP contribution in [0.4, 0.5) is 13.2 Å². The Bertz CT molecular complexity index is 759. The third-order valence-corrected chi connectivity index (χ3v) is 2.90. The summed E-state index contributed by atoms with van der Waals surface area (Å²) in [6.07, 6.45) is -4.82. The number of hydrogen-bond donors (Lipinski definition) is 0. The number of benzene rings is 1. The quantitative estimate of drug-likeness (QED) is 0.799. The largest absolute Gasteiger partial charge is 0.462 e. The Kier molecular flexibility index (Phi) is 3.76. The average Bonchev–Trinajstić information content (AvgIpc) is 2.41. The van der Waals surface area contributed by atoms with Crippen LogP contribution in [0.15, 0.2) is 27.4 Å². The molecular weight excluding hydrogens is 289 g/mol. The molecule has 4 nitrogen and oxygen atoms in total. The van der Waals surface area contributed by atoms with Gasteiger partial charge in [-0.25, -0.2) is 4.79 Å². The Morgan fingerprint density at radius 2 is 2.00 bits per heavy atom. The van der Waals surface area contributed by atoms with E-state index in [-0.39, 0.29) is 17.6 Å². The van der Waals surface area contributed by atoms with Crippen molar-refractivity contribution in [2.24, 2.45) is 0 Å². The van der Waals surface area contributed by atoms with E-state index < -0.39 is 34.5 Å². The molecule has 0 saturated heterocycles. The number of carbonyl (C=O) groups is 1.